The van der Waals surface area contributed by atoms with Crippen molar-refractivity contribution in [2.75, 3.05) is 27.3 Å². The minimum atomic E-state index is 0.300. The van der Waals surface area contributed by atoms with Gasteiger partial charge in [-0.2, -0.15) is 0 Å². The third-order valence-corrected chi connectivity index (χ3v) is 5.40. The van der Waals surface area contributed by atoms with E-state index < -0.39 is 0 Å². The molecular formula is C19H27NO3. The maximum absolute atomic E-state index is 12.5. The molecule has 1 saturated carbocycles. The summed E-state index contributed by atoms with van der Waals surface area (Å²) in [6.45, 7) is 1.96. The summed E-state index contributed by atoms with van der Waals surface area (Å²) in [6, 6.07) is 5.89. The fourth-order valence-electron chi connectivity index (χ4n) is 4.06. The topological polar surface area (TPSA) is 38.8 Å². The molecule has 4 heteroatoms. The first kappa shape index (κ1) is 16.2. The van der Waals surface area contributed by atoms with Crippen LogP contribution in [0.2, 0.25) is 0 Å². The smallest absolute Gasteiger partial charge is 0.222 e. The molecule has 1 aromatic rings. The molecule has 0 bridgehead atoms. The predicted molar refractivity (Wildman–Crippen MR) is 89.9 cm³/mol. The molecule has 1 aliphatic heterocycles. The maximum atomic E-state index is 12.5. The number of likely N-dealkylation sites (tertiary alicyclic amines) is 1. The normalized spacial score (nSPS) is 23.5. The van der Waals surface area contributed by atoms with E-state index >= 15 is 0 Å². The zero-order valence-corrected chi connectivity index (χ0v) is 14.2. The summed E-state index contributed by atoms with van der Waals surface area (Å²) in [6.07, 6.45) is 6.64. The molecule has 2 fully saturated rings. The number of aryl methyl sites for hydroxylation is 1. The van der Waals surface area contributed by atoms with Crippen LogP contribution in [0, 0.1) is 11.8 Å². The Bertz CT molecular complexity index is 544. The Morgan fingerprint density at radius 2 is 1.74 bits per heavy atom. The lowest BCUT2D eigenvalue weighted by molar-refractivity contribution is -0.130. The highest BCUT2D eigenvalue weighted by atomic mass is 16.5. The number of ether oxygens (including phenoxy) is 2. The standard InChI is InChI=1S/C19H27NO3/c1-22-17-9-7-14(11-18(17)23-2)8-10-19(21)20-12-15-5-3-4-6-16(15)13-20/h7,9,11,15-16H,3-6,8,10,12-13H2,1-2H3. The van der Waals surface area contributed by atoms with E-state index in [0.717, 1.165) is 48.4 Å². The van der Waals surface area contributed by atoms with Gasteiger partial charge in [0.15, 0.2) is 11.5 Å². The summed E-state index contributed by atoms with van der Waals surface area (Å²) in [5, 5.41) is 0. The van der Waals surface area contributed by atoms with Crippen molar-refractivity contribution in [3.05, 3.63) is 23.8 Å². The van der Waals surface area contributed by atoms with Gasteiger partial charge in [-0.15, -0.1) is 0 Å². The number of carbonyl (C=O) groups is 1. The van der Waals surface area contributed by atoms with E-state index in [9.17, 15) is 4.79 Å². The molecule has 0 spiro atoms. The molecule has 2 aliphatic rings. The molecule has 0 radical (unpaired) electrons. The fraction of sp³-hybridized carbons (Fsp3) is 0.632. The lowest BCUT2D eigenvalue weighted by Gasteiger charge is -2.22. The Balaban J connectivity index is 1.55. The maximum Gasteiger partial charge on any atom is 0.222 e. The number of amides is 1. The minimum absolute atomic E-state index is 0.300. The van der Waals surface area contributed by atoms with Crippen molar-refractivity contribution in [1.82, 2.24) is 4.90 Å². The molecule has 126 valence electrons. The molecule has 2 unspecified atom stereocenters. The molecule has 0 aromatic heterocycles. The summed E-state index contributed by atoms with van der Waals surface area (Å²) in [4.78, 5) is 14.6. The van der Waals surface area contributed by atoms with E-state index in [1.165, 1.54) is 25.7 Å². The lowest BCUT2D eigenvalue weighted by atomic mass is 9.82. The first-order valence-electron chi connectivity index (χ1n) is 8.70. The predicted octanol–water partition coefficient (Wildman–Crippen LogP) is 3.29. The molecular weight excluding hydrogens is 290 g/mol. The van der Waals surface area contributed by atoms with Gasteiger partial charge in [0.1, 0.15) is 0 Å². The van der Waals surface area contributed by atoms with Gasteiger partial charge in [-0.3, -0.25) is 4.79 Å². The van der Waals surface area contributed by atoms with Crippen LogP contribution in [-0.4, -0.2) is 38.1 Å². The third-order valence-electron chi connectivity index (χ3n) is 5.40. The third kappa shape index (κ3) is 3.62. The van der Waals surface area contributed by atoms with Gasteiger partial charge >= 0.3 is 0 Å². The minimum Gasteiger partial charge on any atom is -0.493 e. The first-order valence-corrected chi connectivity index (χ1v) is 8.70. The number of benzene rings is 1. The number of carbonyl (C=O) groups excluding carboxylic acids is 1. The number of nitrogens with zero attached hydrogens (tertiary/aromatic N) is 1. The van der Waals surface area contributed by atoms with Gasteiger partial charge in [-0.1, -0.05) is 18.9 Å². The van der Waals surface area contributed by atoms with Crippen LogP contribution >= 0.6 is 0 Å². The van der Waals surface area contributed by atoms with Crippen LogP contribution in [0.1, 0.15) is 37.7 Å². The SMILES string of the molecule is COc1ccc(CCC(=O)N2CC3CCCCC3C2)cc1OC. The lowest BCUT2D eigenvalue weighted by Crippen LogP contribution is -2.29. The van der Waals surface area contributed by atoms with E-state index in [1.54, 1.807) is 14.2 Å². The Kier molecular flexibility index (Phi) is 5.09. The van der Waals surface area contributed by atoms with Gasteiger partial charge < -0.3 is 14.4 Å². The van der Waals surface area contributed by atoms with E-state index in [1.807, 2.05) is 18.2 Å². The van der Waals surface area contributed by atoms with Gasteiger partial charge in [0.2, 0.25) is 5.91 Å². The molecule has 1 aromatic carbocycles. The number of fused-ring (bicyclic) bond motifs is 1. The fourth-order valence-corrected chi connectivity index (χ4v) is 4.06. The van der Waals surface area contributed by atoms with Crippen LogP contribution < -0.4 is 9.47 Å². The van der Waals surface area contributed by atoms with Crippen LogP contribution in [-0.2, 0) is 11.2 Å². The Morgan fingerprint density at radius 1 is 1.09 bits per heavy atom. The second kappa shape index (κ2) is 7.24. The quantitative estimate of drug-likeness (QED) is 0.836. The second-order valence-corrected chi connectivity index (χ2v) is 6.79. The van der Waals surface area contributed by atoms with Crippen molar-refractivity contribution in [2.45, 2.75) is 38.5 Å². The van der Waals surface area contributed by atoms with Crippen LogP contribution in [0.15, 0.2) is 18.2 Å². The summed E-state index contributed by atoms with van der Waals surface area (Å²) in [5.74, 6) is 3.27. The highest BCUT2D eigenvalue weighted by Gasteiger charge is 2.35. The van der Waals surface area contributed by atoms with E-state index in [2.05, 4.69) is 4.90 Å². The van der Waals surface area contributed by atoms with Crippen LogP contribution in [0.4, 0.5) is 0 Å². The van der Waals surface area contributed by atoms with Gasteiger partial charge in [-0.05, 0) is 48.8 Å². The van der Waals surface area contributed by atoms with Crippen molar-refractivity contribution < 1.29 is 14.3 Å². The van der Waals surface area contributed by atoms with Crippen molar-refractivity contribution >= 4 is 5.91 Å². The summed E-state index contributed by atoms with van der Waals surface area (Å²) < 4.78 is 10.6. The average Bonchev–Trinajstić information content (AvgIpc) is 3.03. The number of hydrogen-bond acceptors (Lipinski definition) is 3. The van der Waals surface area contributed by atoms with Crippen LogP contribution in [0.3, 0.4) is 0 Å². The van der Waals surface area contributed by atoms with Gasteiger partial charge in [0.25, 0.3) is 0 Å². The van der Waals surface area contributed by atoms with Crippen molar-refractivity contribution in [3.8, 4) is 11.5 Å². The van der Waals surface area contributed by atoms with E-state index in [4.69, 9.17) is 9.47 Å². The molecule has 2 atom stereocenters. The van der Waals surface area contributed by atoms with Crippen molar-refractivity contribution in [3.63, 3.8) is 0 Å². The highest BCUT2D eigenvalue weighted by molar-refractivity contribution is 5.76. The Labute approximate surface area is 138 Å². The molecule has 1 aliphatic carbocycles. The highest BCUT2D eigenvalue weighted by Crippen LogP contribution is 2.36. The van der Waals surface area contributed by atoms with E-state index in [-0.39, 0.29) is 0 Å². The average molecular weight is 317 g/mol. The first-order chi connectivity index (χ1) is 11.2. The monoisotopic (exact) mass is 317 g/mol. The summed E-state index contributed by atoms with van der Waals surface area (Å²) >= 11 is 0. The molecule has 1 saturated heterocycles. The summed E-state index contributed by atoms with van der Waals surface area (Å²) in [7, 11) is 3.27. The Morgan fingerprint density at radius 3 is 2.35 bits per heavy atom. The number of hydrogen-bond donors (Lipinski definition) is 0. The van der Waals surface area contributed by atoms with Crippen LogP contribution in [0.5, 0.6) is 11.5 Å². The molecule has 0 N–H and O–H groups in total. The molecule has 4 nitrogen and oxygen atoms in total. The van der Waals surface area contributed by atoms with Gasteiger partial charge in [-0.25, -0.2) is 0 Å². The van der Waals surface area contributed by atoms with Crippen molar-refractivity contribution in [1.29, 1.82) is 0 Å². The molecule has 1 amide bonds. The largest absolute Gasteiger partial charge is 0.493 e. The van der Waals surface area contributed by atoms with Gasteiger partial charge in [0, 0.05) is 19.5 Å². The zero-order chi connectivity index (χ0) is 16.2. The zero-order valence-electron chi connectivity index (χ0n) is 14.2. The molecule has 3 rings (SSSR count). The number of methoxy groups -OCH3 is 2. The molecule has 23 heavy (non-hydrogen) atoms. The molecule has 1 heterocycles. The van der Waals surface area contributed by atoms with Gasteiger partial charge in [0.05, 0.1) is 14.2 Å². The van der Waals surface area contributed by atoms with Crippen molar-refractivity contribution in [2.24, 2.45) is 11.8 Å². The van der Waals surface area contributed by atoms with Crippen LogP contribution in [0.25, 0.3) is 0 Å². The summed E-state index contributed by atoms with van der Waals surface area (Å²) in [5.41, 5.74) is 1.12. The number of rotatable bonds is 5. The Hall–Kier alpha value is -1.71. The second-order valence-electron chi connectivity index (χ2n) is 6.79. The van der Waals surface area contributed by atoms with E-state index in [0.29, 0.717) is 12.3 Å².